The Morgan fingerprint density at radius 1 is 1.05 bits per heavy atom. The van der Waals surface area contributed by atoms with Crippen LogP contribution in [0.25, 0.3) is 10.8 Å². The molecule has 0 amide bonds. The number of Topliss-reactive ketones (excluding diaryl/α,β-unsaturated/α-hetero) is 1. The Morgan fingerprint density at radius 2 is 1.70 bits per heavy atom. The molecule has 0 aliphatic heterocycles. The van der Waals surface area contributed by atoms with Crippen LogP contribution in [0.5, 0.6) is 0 Å². The Bertz CT molecular complexity index is 586. The van der Waals surface area contributed by atoms with Crippen LogP contribution in [0.2, 0.25) is 0 Å². The molecule has 0 aromatic heterocycles. The summed E-state index contributed by atoms with van der Waals surface area (Å²) in [5.74, 6) is 0.265. The third-order valence-corrected chi connectivity index (χ3v) is 4.57. The second-order valence-electron chi connectivity index (χ2n) is 5.43. The lowest BCUT2D eigenvalue weighted by Gasteiger charge is -2.28. The first kappa shape index (κ1) is 14.7. The van der Waals surface area contributed by atoms with Gasteiger partial charge in [-0.15, -0.1) is 0 Å². The molecule has 0 bridgehead atoms. The third-order valence-electron chi connectivity index (χ3n) is 4.57. The largest absolute Gasteiger partial charge is 0.329 e. The standard InChI is InChI=1S/C18H23NO/c1-3-18(4-2,13-19)17(20)12-15-10-7-9-14-8-5-6-11-16(14)15/h5-11H,3-4,12-13,19H2,1-2H3. The third kappa shape index (κ3) is 2.61. The van der Waals surface area contributed by atoms with E-state index in [9.17, 15) is 4.79 Å². The van der Waals surface area contributed by atoms with Crippen molar-refractivity contribution in [2.75, 3.05) is 6.54 Å². The zero-order valence-corrected chi connectivity index (χ0v) is 12.4. The summed E-state index contributed by atoms with van der Waals surface area (Å²) in [4.78, 5) is 12.7. The number of ketones is 1. The molecule has 0 spiro atoms. The Balaban J connectivity index is 2.35. The Kier molecular flexibility index (Phi) is 4.56. The van der Waals surface area contributed by atoms with Crippen molar-refractivity contribution in [3.63, 3.8) is 0 Å². The minimum Gasteiger partial charge on any atom is -0.329 e. The highest BCUT2D eigenvalue weighted by Crippen LogP contribution is 2.29. The zero-order valence-electron chi connectivity index (χ0n) is 12.4. The Labute approximate surface area is 121 Å². The van der Waals surface area contributed by atoms with Gasteiger partial charge in [0.2, 0.25) is 0 Å². The van der Waals surface area contributed by atoms with Gasteiger partial charge in [0.05, 0.1) is 0 Å². The van der Waals surface area contributed by atoms with Crippen molar-refractivity contribution in [2.45, 2.75) is 33.1 Å². The summed E-state index contributed by atoms with van der Waals surface area (Å²) in [5, 5.41) is 2.35. The molecule has 0 radical (unpaired) electrons. The van der Waals surface area contributed by atoms with Gasteiger partial charge in [0, 0.05) is 18.4 Å². The van der Waals surface area contributed by atoms with Crippen molar-refractivity contribution in [3.05, 3.63) is 48.0 Å². The second kappa shape index (κ2) is 6.19. The number of nitrogens with two attached hydrogens (primary N) is 1. The smallest absolute Gasteiger partial charge is 0.144 e. The van der Waals surface area contributed by atoms with Gasteiger partial charge in [-0.1, -0.05) is 56.3 Å². The molecule has 0 saturated carbocycles. The predicted molar refractivity (Wildman–Crippen MR) is 84.7 cm³/mol. The predicted octanol–water partition coefficient (Wildman–Crippen LogP) is 3.72. The maximum atomic E-state index is 12.7. The lowest BCUT2D eigenvalue weighted by Crippen LogP contribution is -2.38. The van der Waals surface area contributed by atoms with E-state index < -0.39 is 0 Å². The van der Waals surface area contributed by atoms with E-state index in [0.29, 0.717) is 13.0 Å². The highest BCUT2D eigenvalue weighted by Gasteiger charge is 2.32. The van der Waals surface area contributed by atoms with Crippen LogP contribution in [0, 0.1) is 5.41 Å². The number of hydrogen-bond acceptors (Lipinski definition) is 2. The monoisotopic (exact) mass is 269 g/mol. The maximum absolute atomic E-state index is 12.7. The van der Waals surface area contributed by atoms with Gasteiger partial charge in [-0.05, 0) is 29.2 Å². The molecule has 2 aromatic rings. The van der Waals surface area contributed by atoms with Gasteiger partial charge < -0.3 is 5.73 Å². The van der Waals surface area contributed by atoms with E-state index in [1.807, 2.05) is 24.3 Å². The van der Waals surface area contributed by atoms with Gasteiger partial charge in [0.1, 0.15) is 5.78 Å². The van der Waals surface area contributed by atoms with Crippen LogP contribution in [-0.2, 0) is 11.2 Å². The lowest BCUT2D eigenvalue weighted by atomic mass is 9.76. The molecule has 20 heavy (non-hydrogen) atoms. The normalized spacial score (nSPS) is 11.8. The quantitative estimate of drug-likeness (QED) is 0.868. The van der Waals surface area contributed by atoms with Gasteiger partial charge in [-0.2, -0.15) is 0 Å². The van der Waals surface area contributed by atoms with Crippen LogP contribution in [0.3, 0.4) is 0 Å². The van der Waals surface area contributed by atoms with Gasteiger partial charge in [0.25, 0.3) is 0 Å². The van der Waals surface area contributed by atoms with Crippen molar-refractivity contribution in [3.8, 4) is 0 Å². The molecule has 2 aromatic carbocycles. The van der Waals surface area contributed by atoms with Crippen LogP contribution >= 0.6 is 0 Å². The van der Waals surface area contributed by atoms with E-state index in [0.717, 1.165) is 18.4 Å². The second-order valence-corrected chi connectivity index (χ2v) is 5.43. The summed E-state index contributed by atoms with van der Waals surface area (Å²) in [5.41, 5.74) is 6.62. The van der Waals surface area contributed by atoms with Crippen LogP contribution < -0.4 is 5.73 Å². The van der Waals surface area contributed by atoms with E-state index >= 15 is 0 Å². The number of hydrogen-bond donors (Lipinski definition) is 1. The summed E-state index contributed by atoms with van der Waals surface area (Å²) in [6.07, 6.45) is 2.09. The van der Waals surface area contributed by atoms with Gasteiger partial charge in [-0.25, -0.2) is 0 Å². The lowest BCUT2D eigenvalue weighted by molar-refractivity contribution is -0.128. The molecule has 2 nitrogen and oxygen atoms in total. The fourth-order valence-electron chi connectivity index (χ4n) is 2.85. The van der Waals surface area contributed by atoms with E-state index in [1.165, 1.54) is 10.8 Å². The minimum atomic E-state index is -0.364. The molecule has 0 saturated heterocycles. The molecule has 0 aliphatic rings. The molecular weight excluding hydrogens is 246 g/mol. The molecule has 2 N–H and O–H groups in total. The van der Waals surface area contributed by atoms with Crippen LogP contribution in [0.15, 0.2) is 42.5 Å². The summed E-state index contributed by atoms with van der Waals surface area (Å²) in [7, 11) is 0. The zero-order chi connectivity index (χ0) is 14.6. The Hall–Kier alpha value is -1.67. The van der Waals surface area contributed by atoms with Crippen LogP contribution in [0.4, 0.5) is 0 Å². The average molecular weight is 269 g/mol. The van der Waals surface area contributed by atoms with Gasteiger partial charge in [0.15, 0.2) is 0 Å². The van der Waals surface area contributed by atoms with Crippen molar-refractivity contribution in [2.24, 2.45) is 11.1 Å². The summed E-state index contributed by atoms with van der Waals surface area (Å²) in [6.45, 7) is 4.54. The number of carbonyl (C=O) groups is 1. The van der Waals surface area contributed by atoms with Crippen molar-refractivity contribution >= 4 is 16.6 Å². The molecule has 2 rings (SSSR count). The summed E-state index contributed by atoms with van der Waals surface area (Å²) >= 11 is 0. The highest BCUT2D eigenvalue weighted by molar-refractivity contribution is 5.93. The van der Waals surface area contributed by atoms with E-state index in [-0.39, 0.29) is 11.2 Å². The summed E-state index contributed by atoms with van der Waals surface area (Å²) < 4.78 is 0. The first-order valence-corrected chi connectivity index (χ1v) is 7.37. The van der Waals surface area contributed by atoms with Crippen LogP contribution in [-0.4, -0.2) is 12.3 Å². The van der Waals surface area contributed by atoms with Gasteiger partial charge in [-0.3, -0.25) is 4.79 Å². The Morgan fingerprint density at radius 3 is 2.35 bits per heavy atom. The maximum Gasteiger partial charge on any atom is 0.144 e. The minimum absolute atomic E-state index is 0.265. The van der Waals surface area contributed by atoms with Crippen molar-refractivity contribution in [1.29, 1.82) is 0 Å². The molecule has 0 fully saturated rings. The summed E-state index contributed by atoms with van der Waals surface area (Å²) in [6, 6.07) is 14.4. The van der Waals surface area contributed by atoms with E-state index in [4.69, 9.17) is 5.73 Å². The van der Waals surface area contributed by atoms with E-state index in [1.54, 1.807) is 0 Å². The highest BCUT2D eigenvalue weighted by atomic mass is 16.1. The average Bonchev–Trinajstić information content (AvgIpc) is 2.50. The molecular formula is C18H23NO. The number of benzene rings is 2. The number of carbonyl (C=O) groups excluding carboxylic acids is 1. The van der Waals surface area contributed by atoms with Crippen molar-refractivity contribution < 1.29 is 4.79 Å². The van der Waals surface area contributed by atoms with E-state index in [2.05, 4.69) is 32.0 Å². The molecule has 0 atom stereocenters. The fourth-order valence-corrected chi connectivity index (χ4v) is 2.85. The molecule has 0 aliphatic carbocycles. The SMILES string of the molecule is CCC(CC)(CN)C(=O)Cc1cccc2ccccc12. The molecule has 2 heteroatoms. The molecule has 106 valence electrons. The number of fused-ring (bicyclic) bond motifs is 1. The van der Waals surface area contributed by atoms with Crippen LogP contribution in [0.1, 0.15) is 32.3 Å². The van der Waals surface area contributed by atoms with Gasteiger partial charge >= 0.3 is 0 Å². The molecule has 0 heterocycles. The first-order valence-electron chi connectivity index (χ1n) is 7.37. The topological polar surface area (TPSA) is 43.1 Å². The van der Waals surface area contributed by atoms with Crippen molar-refractivity contribution in [1.82, 2.24) is 0 Å². The number of rotatable bonds is 6. The molecule has 0 unspecified atom stereocenters. The fraction of sp³-hybridized carbons (Fsp3) is 0.389. The first-order chi connectivity index (χ1) is 9.66.